The van der Waals surface area contributed by atoms with Gasteiger partial charge in [0.05, 0.1) is 14.2 Å². The Hall–Kier alpha value is -3.26. The van der Waals surface area contributed by atoms with Crippen molar-refractivity contribution in [1.82, 2.24) is 0 Å². The minimum absolute atomic E-state index is 0.144. The molecule has 5 heteroatoms. The minimum Gasteiger partial charge on any atom is -0.480 e. The molecule has 0 heterocycles. The van der Waals surface area contributed by atoms with Crippen LogP contribution in [-0.4, -0.2) is 32.8 Å². The Morgan fingerprint density at radius 1 is 0.943 bits per heavy atom. The highest BCUT2D eigenvalue weighted by Gasteiger charge is 2.69. The number of methoxy groups -OCH3 is 2. The van der Waals surface area contributed by atoms with E-state index in [0.717, 1.165) is 22.3 Å². The molecule has 0 spiro atoms. The molecule has 1 aliphatic rings. The third kappa shape index (κ3) is 5.37. The van der Waals surface area contributed by atoms with Gasteiger partial charge in [0.2, 0.25) is 0 Å². The van der Waals surface area contributed by atoms with Crippen LogP contribution in [0.15, 0.2) is 42.5 Å². The van der Waals surface area contributed by atoms with Gasteiger partial charge in [-0.15, -0.1) is 0 Å². The number of esters is 2. The first-order valence-corrected chi connectivity index (χ1v) is 11.9. The maximum atomic E-state index is 12.8. The van der Waals surface area contributed by atoms with Gasteiger partial charge in [-0.1, -0.05) is 83.7 Å². The highest BCUT2D eigenvalue weighted by atomic mass is 16.5. The molecule has 5 nitrogen and oxygen atoms in total. The van der Waals surface area contributed by atoms with E-state index in [1.54, 1.807) is 0 Å². The van der Waals surface area contributed by atoms with Crippen molar-refractivity contribution in [3.05, 3.63) is 64.7 Å². The summed E-state index contributed by atoms with van der Waals surface area (Å²) in [7, 11) is 2.59. The summed E-state index contributed by atoms with van der Waals surface area (Å²) in [4.78, 5) is 25.6. The Labute approximate surface area is 209 Å². The summed E-state index contributed by atoms with van der Waals surface area (Å²) < 4.78 is 16.4. The van der Waals surface area contributed by atoms with E-state index in [2.05, 4.69) is 65.5 Å². The largest absolute Gasteiger partial charge is 0.480 e. The lowest BCUT2D eigenvalue weighted by molar-refractivity contribution is -0.161. The molecule has 0 aliphatic heterocycles. The van der Waals surface area contributed by atoms with Crippen LogP contribution >= 0.6 is 0 Å². The molecule has 0 aromatic heterocycles. The van der Waals surface area contributed by atoms with Crippen LogP contribution in [0.1, 0.15) is 76.1 Å². The second-order valence-electron chi connectivity index (χ2n) is 11.1. The Kier molecular flexibility index (Phi) is 7.36. The van der Waals surface area contributed by atoms with Gasteiger partial charge in [0.15, 0.2) is 5.41 Å². The zero-order valence-corrected chi connectivity index (χ0v) is 22.1. The second-order valence-corrected chi connectivity index (χ2v) is 11.1. The van der Waals surface area contributed by atoms with Gasteiger partial charge in [0.25, 0.3) is 0 Å². The number of hydrogen-bond donors (Lipinski definition) is 0. The Balaban J connectivity index is 2.13. The average molecular weight is 477 g/mol. The maximum absolute atomic E-state index is 12.8. The Morgan fingerprint density at radius 3 is 2.06 bits per heavy atom. The van der Waals surface area contributed by atoms with Gasteiger partial charge in [-0.2, -0.15) is 0 Å². The van der Waals surface area contributed by atoms with E-state index in [1.807, 2.05) is 30.3 Å². The van der Waals surface area contributed by atoms with Gasteiger partial charge in [0, 0.05) is 17.0 Å². The van der Waals surface area contributed by atoms with Crippen LogP contribution in [0.2, 0.25) is 0 Å². The first-order chi connectivity index (χ1) is 16.4. The van der Waals surface area contributed by atoms with Crippen molar-refractivity contribution in [2.45, 2.75) is 64.7 Å². The Bertz CT molecular complexity index is 1140. The van der Waals surface area contributed by atoms with E-state index < -0.39 is 23.3 Å². The third-order valence-corrected chi connectivity index (χ3v) is 6.52. The standard InChI is InChI=1S/C30H36O5/c1-28(2,3)21-17-22(24-19-30(24,26(31)33-7)27(32)34-8)25(23(18-21)29(4,5)6)35-16-12-15-20-13-10-9-11-14-20/h9-11,13-14,17-18,24H,16,19H2,1-8H3. The second kappa shape index (κ2) is 9.77. The summed E-state index contributed by atoms with van der Waals surface area (Å²) in [6.45, 7) is 13.0. The van der Waals surface area contributed by atoms with E-state index in [1.165, 1.54) is 14.2 Å². The van der Waals surface area contributed by atoms with Crippen molar-refractivity contribution < 1.29 is 23.8 Å². The lowest BCUT2D eigenvalue weighted by Gasteiger charge is -2.29. The van der Waals surface area contributed by atoms with Gasteiger partial charge in [-0.05, 0) is 40.5 Å². The summed E-state index contributed by atoms with van der Waals surface area (Å²) in [5.41, 5.74) is 2.10. The van der Waals surface area contributed by atoms with Gasteiger partial charge >= 0.3 is 11.9 Å². The first kappa shape index (κ1) is 26.3. The fourth-order valence-electron chi connectivity index (χ4n) is 4.37. The van der Waals surface area contributed by atoms with Crippen molar-refractivity contribution in [3.8, 4) is 17.6 Å². The maximum Gasteiger partial charge on any atom is 0.323 e. The topological polar surface area (TPSA) is 61.8 Å². The van der Waals surface area contributed by atoms with Crippen LogP contribution in [0.3, 0.4) is 0 Å². The van der Waals surface area contributed by atoms with Crippen molar-refractivity contribution in [3.63, 3.8) is 0 Å². The molecule has 1 atom stereocenters. The van der Waals surface area contributed by atoms with Crippen molar-refractivity contribution >= 4 is 11.9 Å². The number of ether oxygens (including phenoxy) is 3. The van der Waals surface area contributed by atoms with Gasteiger partial charge in [-0.3, -0.25) is 9.59 Å². The molecule has 186 valence electrons. The third-order valence-electron chi connectivity index (χ3n) is 6.52. The number of carbonyl (C=O) groups excluding carboxylic acids is 2. The molecule has 0 saturated heterocycles. The van der Waals surface area contributed by atoms with E-state index in [9.17, 15) is 9.59 Å². The molecular weight excluding hydrogens is 440 g/mol. The molecule has 2 aromatic carbocycles. The normalized spacial score (nSPS) is 16.5. The van der Waals surface area contributed by atoms with Crippen LogP contribution < -0.4 is 4.74 Å². The highest BCUT2D eigenvalue weighted by Crippen LogP contribution is 2.63. The highest BCUT2D eigenvalue weighted by molar-refractivity contribution is 6.05. The van der Waals surface area contributed by atoms with Gasteiger partial charge < -0.3 is 14.2 Å². The predicted molar refractivity (Wildman–Crippen MR) is 136 cm³/mol. The average Bonchev–Trinajstić information content (AvgIpc) is 3.56. The van der Waals surface area contributed by atoms with E-state index in [-0.39, 0.29) is 17.4 Å². The van der Waals surface area contributed by atoms with E-state index in [4.69, 9.17) is 14.2 Å². The minimum atomic E-state index is -1.36. The molecular formula is C30H36O5. The predicted octanol–water partition coefficient (Wildman–Crippen LogP) is 5.53. The first-order valence-electron chi connectivity index (χ1n) is 11.9. The van der Waals surface area contributed by atoms with Crippen LogP contribution in [0, 0.1) is 17.3 Å². The molecule has 1 saturated carbocycles. The Morgan fingerprint density at radius 2 is 1.54 bits per heavy atom. The number of hydrogen-bond acceptors (Lipinski definition) is 5. The zero-order chi connectivity index (χ0) is 26.0. The molecule has 0 N–H and O–H groups in total. The summed E-state index contributed by atoms with van der Waals surface area (Å²) >= 11 is 0. The lowest BCUT2D eigenvalue weighted by Crippen LogP contribution is -2.30. The molecule has 2 aromatic rings. The molecule has 1 aliphatic carbocycles. The molecule has 0 bridgehead atoms. The molecule has 0 amide bonds. The smallest absolute Gasteiger partial charge is 0.323 e. The van der Waals surface area contributed by atoms with Crippen LogP contribution in [0.5, 0.6) is 5.75 Å². The lowest BCUT2D eigenvalue weighted by atomic mass is 9.78. The molecule has 1 unspecified atom stereocenters. The molecule has 0 radical (unpaired) electrons. The fraction of sp³-hybridized carbons (Fsp3) is 0.467. The van der Waals surface area contributed by atoms with Gasteiger partial charge in [0.1, 0.15) is 12.4 Å². The summed E-state index contributed by atoms with van der Waals surface area (Å²) in [6.07, 6.45) is 0.315. The van der Waals surface area contributed by atoms with E-state index in [0.29, 0.717) is 12.2 Å². The fourth-order valence-corrected chi connectivity index (χ4v) is 4.37. The summed E-state index contributed by atoms with van der Waals surface area (Å²) in [5, 5.41) is 0. The van der Waals surface area contributed by atoms with Crippen LogP contribution in [0.25, 0.3) is 0 Å². The molecule has 1 fully saturated rings. The number of carbonyl (C=O) groups is 2. The molecule has 3 rings (SSSR count). The number of benzene rings is 2. The van der Waals surface area contributed by atoms with Crippen LogP contribution in [-0.2, 0) is 29.9 Å². The molecule has 35 heavy (non-hydrogen) atoms. The quantitative estimate of drug-likeness (QED) is 0.323. The SMILES string of the molecule is COC(=O)C1(C(=O)OC)CC1c1cc(C(C)(C)C)cc(C(C)(C)C)c1OCC#Cc1ccccc1. The summed E-state index contributed by atoms with van der Waals surface area (Å²) in [5.74, 6) is 5.33. The monoisotopic (exact) mass is 476 g/mol. The van der Waals surface area contributed by atoms with E-state index >= 15 is 0 Å². The van der Waals surface area contributed by atoms with Crippen molar-refractivity contribution in [1.29, 1.82) is 0 Å². The van der Waals surface area contributed by atoms with Gasteiger partial charge in [-0.25, -0.2) is 0 Å². The summed E-state index contributed by atoms with van der Waals surface area (Å²) in [6, 6.07) is 14.0. The number of rotatable bonds is 5. The van der Waals surface area contributed by atoms with Crippen LogP contribution in [0.4, 0.5) is 0 Å². The van der Waals surface area contributed by atoms with Crippen molar-refractivity contribution in [2.24, 2.45) is 5.41 Å². The van der Waals surface area contributed by atoms with Crippen molar-refractivity contribution in [2.75, 3.05) is 20.8 Å². The zero-order valence-electron chi connectivity index (χ0n) is 22.1.